The van der Waals surface area contributed by atoms with Gasteiger partial charge < -0.3 is 20.3 Å². The standard InChI is InChI=1S/C37H41FN4O4/c1-26-7-10-30(38)23-32(26)35(44)40-31-11-8-27(9-12-31)36(45)42-18-15-37(24-28-5-2-3-6-33(28)42)14-13-29(25-37)34(43)39-16-4-17-41-19-21-46-22-20-41/h2-3,5-12,23,25H,4,13-22,24H2,1H3,(H,39,43)(H,40,44). The molecular formula is C37H41FN4O4. The Morgan fingerprint density at radius 1 is 0.935 bits per heavy atom. The molecular weight excluding hydrogens is 583 g/mol. The summed E-state index contributed by atoms with van der Waals surface area (Å²) in [7, 11) is 0. The Morgan fingerprint density at radius 3 is 2.52 bits per heavy atom. The fourth-order valence-electron chi connectivity index (χ4n) is 6.80. The Morgan fingerprint density at radius 2 is 1.72 bits per heavy atom. The summed E-state index contributed by atoms with van der Waals surface area (Å²) in [5.74, 6) is -0.986. The molecule has 1 aliphatic carbocycles. The van der Waals surface area contributed by atoms with E-state index in [1.807, 2.05) is 23.1 Å². The summed E-state index contributed by atoms with van der Waals surface area (Å²) in [6.07, 6.45) is 6.21. The van der Waals surface area contributed by atoms with Crippen LogP contribution in [0.1, 0.15) is 57.5 Å². The lowest BCUT2D eigenvalue weighted by Gasteiger charge is -2.26. The number of hydrogen-bond donors (Lipinski definition) is 2. The van der Waals surface area contributed by atoms with E-state index in [0.29, 0.717) is 29.9 Å². The number of fused-ring (bicyclic) bond motifs is 1. The zero-order chi connectivity index (χ0) is 32.1. The molecule has 9 heteroatoms. The van der Waals surface area contributed by atoms with E-state index in [0.717, 1.165) is 81.8 Å². The predicted molar refractivity (Wildman–Crippen MR) is 177 cm³/mol. The summed E-state index contributed by atoms with van der Waals surface area (Å²) in [6, 6.07) is 18.9. The number of amides is 3. The summed E-state index contributed by atoms with van der Waals surface area (Å²) < 4.78 is 19.1. The van der Waals surface area contributed by atoms with Crippen molar-refractivity contribution in [3.8, 4) is 0 Å². The van der Waals surface area contributed by atoms with Crippen molar-refractivity contribution in [3.05, 3.63) is 106 Å². The SMILES string of the molecule is Cc1ccc(F)cc1C(=O)Nc1ccc(C(=O)N2CCC3(C=C(C(=O)NCCCN4CCOCC4)CC3)Cc3ccccc32)cc1. The van der Waals surface area contributed by atoms with Crippen LogP contribution in [0.25, 0.3) is 0 Å². The molecule has 46 heavy (non-hydrogen) atoms. The van der Waals surface area contributed by atoms with Gasteiger partial charge in [0, 0.05) is 54.3 Å². The number of ether oxygens (including phenoxy) is 1. The second-order valence-corrected chi connectivity index (χ2v) is 12.6. The van der Waals surface area contributed by atoms with Gasteiger partial charge in [-0.05, 0) is 105 Å². The molecule has 2 aliphatic heterocycles. The van der Waals surface area contributed by atoms with Crippen LogP contribution in [0.15, 0.2) is 78.4 Å². The minimum Gasteiger partial charge on any atom is -0.379 e. The third-order valence-corrected chi connectivity index (χ3v) is 9.44. The Balaban J connectivity index is 1.10. The summed E-state index contributed by atoms with van der Waals surface area (Å²) >= 11 is 0. The molecule has 2 heterocycles. The highest BCUT2D eigenvalue weighted by Gasteiger charge is 2.39. The van der Waals surface area contributed by atoms with Crippen molar-refractivity contribution in [1.82, 2.24) is 10.2 Å². The lowest BCUT2D eigenvalue weighted by Crippen LogP contribution is -2.38. The Hall–Kier alpha value is -4.34. The average Bonchev–Trinajstić information content (AvgIpc) is 3.41. The van der Waals surface area contributed by atoms with Gasteiger partial charge >= 0.3 is 0 Å². The molecule has 1 atom stereocenters. The number of carbonyl (C=O) groups excluding carboxylic acids is 3. The van der Waals surface area contributed by atoms with Crippen molar-refractivity contribution in [1.29, 1.82) is 0 Å². The molecule has 3 amide bonds. The molecule has 1 fully saturated rings. The number of rotatable bonds is 8. The maximum absolute atomic E-state index is 13.9. The maximum atomic E-state index is 13.9. The summed E-state index contributed by atoms with van der Waals surface area (Å²) in [5, 5.41) is 5.93. The highest BCUT2D eigenvalue weighted by Crippen LogP contribution is 2.46. The third-order valence-electron chi connectivity index (χ3n) is 9.44. The predicted octanol–water partition coefficient (Wildman–Crippen LogP) is 5.52. The number of nitrogens with one attached hydrogen (secondary N) is 2. The molecule has 6 rings (SSSR count). The number of nitrogens with zero attached hydrogens (tertiary/aromatic N) is 2. The first kappa shape index (κ1) is 31.6. The van der Waals surface area contributed by atoms with Crippen molar-refractivity contribution in [2.45, 2.75) is 39.0 Å². The van der Waals surface area contributed by atoms with Gasteiger partial charge in [-0.3, -0.25) is 19.3 Å². The molecule has 8 nitrogen and oxygen atoms in total. The molecule has 1 unspecified atom stereocenters. The molecule has 1 spiro atoms. The zero-order valence-electron chi connectivity index (χ0n) is 26.3. The molecule has 0 radical (unpaired) electrons. The zero-order valence-corrected chi connectivity index (χ0v) is 26.3. The van der Waals surface area contributed by atoms with E-state index in [2.05, 4.69) is 27.7 Å². The smallest absolute Gasteiger partial charge is 0.258 e. The van der Waals surface area contributed by atoms with Crippen molar-refractivity contribution < 1.29 is 23.5 Å². The van der Waals surface area contributed by atoms with E-state index in [9.17, 15) is 18.8 Å². The Labute approximate surface area is 269 Å². The number of benzene rings is 3. The van der Waals surface area contributed by atoms with Crippen LogP contribution in [-0.2, 0) is 16.0 Å². The maximum Gasteiger partial charge on any atom is 0.258 e. The molecule has 0 bridgehead atoms. The number of halogens is 1. The largest absolute Gasteiger partial charge is 0.379 e. The lowest BCUT2D eigenvalue weighted by molar-refractivity contribution is -0.117. The molecule has 3 aromatic carbocycles. The molecule has 1 saturated heterocycles. The number of hydrogen-bond acceptors (Lipinski definition) is 5. The van der Waals surface area contributed by atoms with Crippen LogP contribution in [0.2, 0.25) is 0 Å². The van der Waals surface area contributed by atoms with E-state index in [4.69, 9.17) is 4.74 Å². The molecule has 240 valence electrons. The van der Waals surface area contributed by atoms with Crippen LogP contribution >= 0.6 is 0 Å². The summed E-state index contributed by atoms with van der Waals surface area (Å²) in [5.41, 5.74) is 4.59. The van der Waals surface area contributed by atoms with Crippen LogP contribution in [0, 0.1) is 18.2 Å². The van der Waals surface area contributed by atoms with Gasteiger partial charge in [-0.1, -0.05) is 30.3 Å². The minimum atomic E-state index is -0.473. The Kier molecular flexibility index (Phi) is 9.61. The van der Waals surface area contributed by atoms with Crippen LogP contribution in [0.3, 0.4) is 0 Å². The lowest BCUT2D eigenvalue weighted by atomic mass is 9.79. The Bertz CT molecular complexity index is 1630. The van der Waals surface area contributed by atoms with Gasteiger partial charge in [-0.15, -0.1) is 0 Å². The van der Waals surface area contributed by atoms with Gasteiger partial charge in [0.2, 0.25) is 5.91 Å². The highest BCUT2D eigenvalue weighted by molar-refractivity contribution is 6.08. The van der Waals surface area contributed by atoms with E-state index in [1.165, 1.54) is 12.1 Å². The fourth-order valence-corrected chi connectivity index (χ4v) is 6.80. The number of carbonyl (C=O) groups is 3. The first-order valence-electron chi connectivity index (χ1n) is 16.2. The van der Waals surface area contributed by atoms with E-state index >= 15 is 0 Å². The number of aryl methyl sites for hydroxylation is 1. The number of anilines is 2. The summed E-state index contributed by atoms with van der Waals surface area (Å²) in [4.78, 5) is 44.0. The summed E-state index contributed by atoms with van der Waals surface area (Å²) in [6.45, 7) is 7.34. The molecule has 0 saturated carbocycles. The van der Waals surface area contributed by atoms with Gasteiger partial charge in [0.15, 0.2) is 0 Å². The van der Waals surface area contributed by atoms with Gasteiger partial charge in [-0.2, -0.15) is 0 Å². The topological polar surface area (TPSA) is 91.0 Å². The van der Waals surface area contributed by atoms with Gasteiger partial charge in [0.05, 0.1) is 13.2 Å². The minimum absolute atomic E-state index is 0.0176. The third kappa shape index (κ3) is 7.21. The van der Waals surface area contributed by atoms with Crippen LogP contribution in [0.5, 0.6) is 0 Å². The molecule has 3 aliphatic rings. The second-order valence-electron chi connectivity index (χ2n) is 12.6. The van der Waals surface area contributed by atoms with Crippen molar-refractivity contribution in [2.24, 2.45) is 5.41 Å². The highest BCUT2D eigenvalue weighted by atomic mass is 19.1. The van der Waals surface area contributed by atoms with Crippen LogP contribution < -0.4 is 15.5 Å². The normalized spacial score (nSPS) is 19.7. The van der Waals surface area contributed by atoms with E-state index in [1.54, 1.807) is 37.3 Å². The first-order chi connectivity index (χ1) is 22.3. The molecule has 3 aromatic rings. The second kappa shape index (κ2) is 14.0. The fraction of sp³-hybridized carbons (Fsp3) is 0.378. The molecule has 0 aromatic heterocycles. The van der Waals surface area contributed by atoms with Crippen LogP contribution in [0.4, 0.5) is 15.8 Å². The molecule has 2 N–H and O–H groups in total. The van der Waals surface area contributed by atoms with Crippen LogP contribution in [-0.4, -0.2) is 68.6 Å². The van der Waals surface area contributed by atoms with Crippen molar-refractivity contribution in [2.75, 3.05) is 56.2 Å². The van der Waals surface area contributed by atoms with E-state index in [-0.39, 0.29) is 22.8 Å². The van der Waals surface area contributed by atoms with Crippen molar-refractivity contribution in [3.63, 3.8) is 0 Å². The number of allylic oxidation sites excluding steroid dienone is 1. The first-order valence-corrected chi connectivity index (χ1v) is 16.2. The quantitative estimate of drug-likeness (QED) is 0.322. The van der Waals surface area contributed by atoms with Crippen molar-refractivity contribution >= 4 is 29.1 Å². The van der Waals surface area contributed by atoms with Gasteiger partial charge in [0.25, 0.3) is 11.8 Å². The number of para-hydroxylation sites is 1. The number of morpholine rings is 1. The monoisotopic (exact) mass is 624 g/mol. The van der Waals surface area contributed by atoms with Gasteiger partial charge in [0.1, 0.15) is 5.82 Å². The van der Waals surface area contributed by atoms with E-state index < -0.39 is 11.7 Å². The average molecular weight is 625 g/mol. The van der Waals surface area contributed by atoms with Gasteiger partial charge in [-0.25, -0.2) is 4.39 Å².